The van der Waals surface area contributed by atoms with Crippen LogP contribution in [0.25, 0.3) is 11.3 Å². The minimum atomic E-state index is -0.488. The molecule has 1 heterocycles. The first kappa shape index (κ1) is 12.1. The molecule has 0 saturated carbocycles. The SMILES string of the molecule is COC(=O)Nc1cc(C)ccc1-c1ccccn1. The van der Waals surface area contributed by atoms with Crippen molar-refractivity contribution in [3.8, 4) is 11.3 Å². The van der Waals surface area contributed by atoms with Gasteiger partial charge in [-0.3, -0.25) is 10.3 Å². The van der Waals surface area contributed by atoms with E-state index >= 15 is 0 Å². The first-order valence-electron chi connectivity index (χ1n) is 5.58. The molecule has 0 aliphatic carbocycles. The number of aryl methyl sites for hydroxylation is 1. The Morgan fingerprint density at radius 1 is 1.28 bits per heavy atom. The molecule has 0 fully saturated rings. The van der Waals surface area contributed by atoms with Gasteiger partial charge in [0.25, 0.3) is 0 Å². The highest BCUT2D eigenvalue weighted by Crippen LogP contribution is 2.27. The summed E-state index contributed by atoms with van der Waals surface area (Å²) >= 11 is 0. The molecule has 0 spiro atoms. The summed E-state index contributed by atoms with van der Waals surface area (Å²) in [6, 6.07) is 11.5. The summed E-state index contributed by atoms with van der Waals surface area (Å²) in [5.41, 5.74) is 3.43. The summed E-state index contributed by atoms with van der Waals surface area (Å²) in [6.07, 6.45) is 1.23. The quantitative estimate of drug-likeness (QED) is 0.879. The number of rotatable bonds is 2. The van der Waals surface area contributed by atoms with Crippen molar-refractivity contribution in [3.05, 3.63) is 48.2 Å². The van der Waals surface area contributed by atoms with Gasteiger partial charge in [-0.1, -0.05) is 18.2 Å². The van der Waals surface area contributed by atoms with Crippen molar-refractivity contribution >= 4 is 11.8 Å². The number of hydrogen-bond donors (Lipinski definition) is 1. The molecule has 0 aliphatic rings. The van der Waals surface area contributed by atoms with Gasteiger partial charge in [-0.05, 0) is 30.7 Å². The van der Waals surface area contributed by atoms with Crippen LogP contribution in [0.3, 0.4) is 0 Å². The Bertz CT molecular complexity index is 553. The van der Waals surface area contributed by atoms with Crippen molar-refractivity contribution in [3.63, 3.8) is 0 Å². The van der Waals surface area contributed by atoms with Crippen LogP contribution in [0.15, 0.2) is 42.6 Å². The number of methoxy groups -OCH3 is 1. The van der Waals surface area contributed by atoms with Crippen LogP contribution in [-0.2, 0) is 4.74 Å². The second kappa shape index (κ2) is 5.31. The van der Waals surface area contributed by atoms with Crippen LogP contribution in [0.5, 0.6) is 0 Å². The van der Waals surface area contributed by atoms with Crippen LogP contribution in [-0.4, -0.2) is 18.2 Å². The van der Waals surface area contributed by atoms with Crippen molar-refractivity contribution < 1.29 is 9.53 Å². The van der Waals surface area contributed by atoms with E-state index in [2.05, 4.69) is 15.0 Å². The van der Waals surface area contributed by atoms with Gasteiger partial charge in [0.15, 0.2) is 0 Å². The zero-order valence-electron chi connectivity index (χ0n) is 10.3. The van der Waals surface area contributed by atoms with Crippen LogP contribution in [0.2, 0.25) is 0 Å². The maximum atomic E-state index is 11.3. The molecule has 18 heavy (non-hydrogen) atoms. The van der Waals surface area contributed by atoms with E-state index in [-0.39, 0.29) is 0 Å². The van der Waals surface area contributed by atoms with E-state index in [0.29, 0.717) is 5.69 Å². The van der Waals surface area contributed by atoms with E-state index in [0.717, 1.165) is 16.8 Å². The summed E-state index contributed by atoms with van der Waals surface area (Å²) in [4.78, 5) is 15.6. The van der Waals surface area contributed by atoms with Gasteiger partial charge in [0.2, 0.25) is 0 Å². The predicted molar refractivity (Wildman–Crippen MR) is 70.4 cm³/mol. The molecule has 0 unspecified atom stereocenters. The largest absolute Gasteiger partial charge is 0.453 e. The molecule has 0 radical (unpaired) electrons. The van der Waals surface area contributed by atoms with Gasteiger partial charge in [-0.15, -0.1) is 0 Å². The lowest BCUT2D eigenvalue weighted by Crippen LogP contribution is -2.12. The standard InChI is InChI=1S/C14H14N2O2/c1-10-6-7-11(12-5-3-4-8-15-12)13(9-10)16-14(17)18-2/h3-9H,1-2H3,(H,16,17). The Labute approximate surface area is 106 Å². The lowest BCUT2D eigenvalue weighted by molar-refractivity contribution is 0.187. The highest BCUT2D eigenvalue weighted by Gasteiger charge is 2.09. The van der Waals surface area contributed by atoms with E-state index in [4.69, 9.17) is 0 Å². The average molecular weight is 242 g/mol. The molecule has 0 bridgehead atoms. The third kappa shape index (κ3) is 2.66. The fourth-order valence-corrected chi connectivity index (χ4v) is 1.67. The Morgan fingerprint density at radius 3 is 2.78 bits per heavy atom. The molecule has 1 N–H and O–H groups in total. The molecule has 1 aromatic heterocycles. The number of hydrogen-bond acceptors (Lipinski definition) is 3. The number of nitrogens with zero attached hydrogens (tertiary/aromatic N) is 1. The zero-order valence-corrected chi connectivity index (χ0v) is 10.3. The highest BCUT2D eigenvalue weighted by molar-refractivity contribution is 5.91. The maximum Gasteiger partial charge on any atom is 0.411 e. The second-order valence-corrected chi connectivity index (χ2v) is 3.88. The van der Waals surface area contributed by atoms with Crippen molar-refractivity contribution in [2.75, 3.05) is 12.4 Å². The van der Waals surface area contributed by atoms with Gasteiger partial charge in [-0.2, -0.15) is 0 Å². The number of carbonyl (C=O) groups is 1. The molecule has 1 aromatic carbocycles. The number of pyridine rings is 1. The van der Waals surface area contributed by atoms with Crippen LogP contribution in [0, 0.1) is 6.92 Å². The fraction of sp³-hybridized carbons (Fsp3) is 0.143. The minimum absolute atomic E-state index is 0.488. The van der Waals surface area contributed by atoms with Crippen molar-refractivity contribution in [2.45, 2.75) is 6.92 Å². The van der Waals surface area contributed by atoms with Gasteiger partial charge in [0.1, 0.15) is 0 Å². The number of anilines is 1. The molecular formula is C14H14N2O2. The first-order chi connectivity index (χ1) is 8.70. The Morgan fingerprint density at radius 2 is 2.11 bits per heavy atom. The van der Waals surface area contributed by atoms with E-state index in [9.17, 15) is 4.79 Å². The maximum absolute atomic E-state index is 11.3. The molecule has 0 atom stereocenters. The van der Waals surface area contributed by atoms with Crippen LogP contribution >= 0.6 is 0 Å². The number of aromatic nitrogens is 1. The van der Waals surface area contributed by atoms with E-state index in [1.807, 2.05) is 43.3 Å². The molecule has 1 amide bonds. The van der Waals surface area contributed by atoms with E-state index in [1.54, 1.807) is 6.20 Å². The van der Waals surface area contributed by atoms with Crippen molar-refractivity contribution in [1.82, 2.24) is 4.98 Å². The zero-order chi connectivity index (χ0) is 13.0. The Kier molecular flexibility index (Phi) is 3.57. The lowest BCUT2D eigenvalue weighted by atomic mass is 10.1. The Balaban J connectivity index is 2.44. The molecule has 2 rings (SSSR count). The van der Waals surface area contributed by atoms with E-state index in [1.165, 1.54) is 7.11 Å². The summed E-state index contributed by atoms with van der Waals surface area (Å²) in [5.74, 6) is 0. The van der Waals surface area contributed by atoms with Gasteiger partial charge in [0.05, 0.1) is 18.5 Å². The van der Waals surface area contributed by atoms with Gasteiger partial charge < -0.3 is 4.74 Å². The van der Waals surface area contributed by atoms with E-state index < -0.39 is 6.09 Å². The third-order valence-electron chi connectivity index (χ3n) is 2.54. The summed E-state index contributed by atoms with van der Waals surface area (Å²) in [7, 11) is 1.34. The summed E-state index contributed by atoms with van der Waals surface area (Å²) in [6.45, 7) is 1.96. The average Bonchev–Trinajstić information content (AvgIpc) is 2.40. The summed E-state index contributed by atoms with van der Waals surface area (Å²) in [5, 5.41) is 2.70. The van der Waals surface area contributed by atoms with Gasteiger partial charge >= 0.3 is 6.09 Å². The van der Waals surface area contributed by atoms with Crippen LogP contribution < -0.4 is 5.32 Å². The number of benzene rings is 1. The van der Waals surface area contributed by atoms with Crippen LogP contribution in [0.1, 0.15) is 5.56 Å². The second-order valence-electron chi connectivity index (χ2n) is 3.88. The highest BCUT2D eigenvalue weighted by atomic mass is 16.5. The molecule has 2 aromatic rings. The molecule has 4 nitrogen and oxygen atoms in total. The number of ether oxygens (including phenoxy) is 1. The number of amides is 1. The minimum Gasteiger partial charge on any atom is -0.453 e. The monoisotopic (exact) mass is 242 g/mol. The lowest BCUT2D eigenvalue weighted by Gasteiger charge is -2.10. The van der Waals surface area contributed by atoms with Gasteiger partial charge in [0, 0.05) is 11.8 Å². The third-order valence-corrected chi connectivity index (χ3v) is 2.54. The number of carbonyl (C=O) groups excluding carboxylic acids is 1. The van der Waals surface area contributed by atoms with Gasteiger partial charge in [-0.25, -0.2) is 4.79 Å². The topological polar surface area (TPSA) is 51.2 Å². The first-order valence-corrected chi connectivity index (χ1v) is 5.58. The number of nitrogens with one attached hydrogen (secondary N) is 1. The van der Waals surface area contributed by atoms with Crippen molar-refractivity contribution in [2.24, 2.45) is 0 Å². The molecular weight excluding hydrogens is 228 g/mol. The van der Waals surface area contributed by atoms with Crippen LogP contribution in [0.4, 0.5) is 10.5 Å². The fourth-order valence-electron chi connectivity index (χ4n) is 1.67. The smallest absolute Gasteiger partial charge is 0.411 e. The Hall–Kier alpha value is -2.36. The molecule has 4 heteroatoms. The predicted octanol–water partition coefficient (Wildman–Crippen LogP) is 3.24. The molecule has 0 aliphatic heterocycles. The summed E-state index contributed by atoms with van der Waals surface area (Å²) < 4.78 is 4.61. The normalized spacial score (nSPS) is 9.89. The molecule has 0 saturated heterocycles. The van der Waals surface area contributed by atoms with Crippen molar-refractivity contribution in [1.29, 1.82) is 0 Å². The molecule has 92 valence electrons.